The van der Waals surface area contributed by atoms with Crippen LogP contribution in [0.3, 0.4) is 0 Å². The predicted octanol–water partition coefficient (Wildman–Crippen LogP) is 3.76. The average molecular weight is 439 g/mol. The lowest BCUT2D eigenvalue weighted by molar-refractivity contribution is -0.141. The Hall–Kier alpha value is -2.93. The molecule has 0 fully saturated rings. The van der Waals surface area contributed by atoms with E-state index in [9.17, 15) is 39.2 Å². The molecule has 2 N–H and O–H groups in total. The number of aromatic nitrogens is 2. The standard InChI is InChI=1S/C16H8F7N3O2S/c17-10-5-9(13(18)15(20)14(10)19)11-6-12(16(21,22)23)25-26(11)7-1-3-8(4-2-7)29(24,27)28/h1-6H,(H2,24,27,28). The lowest BCUT2D eigenvalue weighted by Crippen LogP contribution is -2.12. The first-order valence-electron chi connectivity index (χ1n) is 7.44. The Morgan fingerprint density at radius 2 is 1.48 bits per heavy atom. The molecule has 29 heavy (non-hydrogen) atoms. The van der Waals surface area contributed by atoms with Crippen molar-refractivity contribution in [2.75, 3.05) is 0 Å². The third-order valence-corrected chi connectivity index (χ3v) is 4.72. The highest BCUT2D eigenvalue weighted by molar-refractivity contribution is 7.89. The zero-order chi connectivity index (χ0) is 21.7. The highest BCUT2D eigenvalue weighted by Gasteiger charge is 2.36. The van der Waals surface area contributed by atoms with Gasteiger partial charge in [-0.25, -0.2) is 35.8 Å². The molecule has 0 saturated carbocycles. The van der Waals surface area contributed by atoms with Crippen LogP contribution in [0.25, 0.3) is 16.9 Å². The number of hydrogen-bond acceptors (Lipinski definition) is 3. The number of nitrogens with zero attached hydrogens (tertiary/aromatic N) is 2. The minimum atomic E-state index is -5.01. The second-order valence-corrected chi connectivity index (χ2v) is 7.27. The molecule has 0 aliphatic rings. The van der Waals surface area contributed by atoms with Crippen LogP contribution in [-0.2, 0) is 16.2 Å². The van der Waals surface area contributed by atoms with Crippen LogP contribution in [0.1, 0.15) is 5.69 Å². The highest BCUT2D eigenvalue weighted by Crippen LogP contribution is 2.35. The number of primary sulfonamides is 1. The molecular formula is C16H8F7N3O2S. The molecule has 0 spiro atoms. The van der Waals surface area contributed by atoms with E-state index < -0.39 is 56.4 Å². The molecule has 0 bridgehead atoms. The number of halogens is 7. The van der Waals surface area contributed by atoms with Gasteiger partial charge < -0.3 is 0 Å². The maximum atomic E-state index is 14.2. The van der Waals surface area contributed by atoms with Gasteiger partial charge in [0.25, 0.3) is 0 Å². The first-order valence-corrected chi connectivity index (χ1v) is 8.99. The van der Waals surface area contributed by atoms with Crippen molar-refractivity contribution in [3.63, 3.8) is 0 Å². The van der Waals surface area contributed by atoms with E-state index in [2.05, 4.69) is 5.10 Å². The van der Waals surface area contributed by atoms with Crippen LogP contribution in [0, 0.1) is 23.3 Å². The fourth-order valence-electron chi connectivity index (χ4n) is 2.44. The summed E-state index contributed by atoms with van der Waals surface area (Å²) in [5.74, 6) is -8.11. The molecule has 0 aliphatic carbocycles. The summed E-state index contributed by atoms with van der Waals surface area (Å²) in [6, 6.07) is 4.34. The maximum Gasteiger partial charge on any atom is 0.435 e. The highest BCUT2D eigenvalue weighted by atomic mass is 32.2. The van der Waals surface area contributed by atoms with Crippen LogP contribution in [0.2, 0.25) is 0 Å². The summed E-state index contributed by atoms with van der Waals surface area (Å²) in [6.07, 6.45) is -5.01. The molecule has 3 rings (SSSR count). The number of benzene rings is 2. The van der Waals surface area contributed by atoms with Crippen molar-refractivity contribution < 1.29 is 39.2 Å². The van der Waals surface area contributed by atoms with Gasteiger partial charge in [0, 0.05) is 5.56 Å². The fourth-order valence-corrected chi connectivity index (χ4v) is 2.96. The normalized spacial score (nSPS) is 12.4. The van der Waals surface area contributed by atoms with Crippen LogP contribution >= 0.6 is 0 Å². The van der Waals surface area contributed by atoms with Crippen molar-refractivity contribution in [2.45, 2.75) is 11.1 Å². The van der Waals surface area contributed by atoms with Gasteiger partial charge in [0.15, 0.2) is 29.0 Å². The van der Waals surface area contributed by atoms with Crippen molar-refractivity contribution in [1.82, 2.24) is 9.78 Å². The molecule has 0 radical (unpaired) electrons. The number of rotatable bonds is 3. The molecule has 0 amide bonds. The van der Waals surface area contributed by atoms with Crippen LogP contribution in [0.15, 0.2) is 41.3 Å². The van der Waals surface area contributed by atoms with Gasteiger partial charge in [0.1, 0.15) is 0 Å². The molecule has 0 unspecified atom stereocenters. The van der Waals surface area contributed by atoms with Gasteiger partial charge in [-0.2, -0.15) is 18.3 Å². The average Bonchev–Trinajstić information content (AvgIpc) is 3.08. The van der Waals surface area contributed by atoms with Crippen molar-refractivity contribution in [1.29, 1.82) is 0 Å². The van der Waals surface area contributed by atoms with E-state index in [-0.39, 0.29) is 16.6 Å². The number of sulfonamides is 1. The Morgan fingerprint density at radius 1 is 0.897 bits per heavy atom. The van der Waals surface area contributed by atoms with Crippen molar-refractivity contribution >= 4 is 10.0 Å². The Balaban J connectivity index is 2.28. The molecule has 154 valence electrons. The molecule has 13 heteroatoms. The van der Waals surface area contributed by atoms with Gasteiger partial charge in [-0.3, -0.25) is 0 Å². The topological polar surface area (TPSA) is 78.0 Å². The molecule has 1 heterocycles. The molecule has 5 nitrogen and oxygen atoms in total. The summed E-state index contributed by atoms with van der Waals surface area (Å²) in [4.78, 5) is -0.379. The van der Waals surface area contributed by atoms with E-state index in [4.69, 9.17) is 5.14 Å². The summed E-state index contributed by atoms with van der Waals surface area (Å²) < 4.78 is 117. The molecule has 0 aliphatic heterocycles. The Morgan fingerprint density at radius 3 is 2.00 bits per heavy atom. The lowest BCUT2D eigenvalue weighted by atomic mass is 10.1. The van der Waals surface area contributed by atoms with E-state index in [0.29, 0.717) is 10.7 Å². The predicted molar refractivity (Wildman–Crippen MR) is 85.2 cm³/mol. The van der Waals surface area contributed by atoms with Crippen molar-refractivity contribution in [3.05, 3.63) is 65.4 Å². The molecule has 0 saturated heterocycles. The molecule has 2 aromatic carbocycles. The minimum Gasteiger partial charge on any atom is -0.232 e. The lowest BCUT2D eigenvalue weighted by Gasteiger charge is -2.10. The summed E-state index contributed by atoms with van der Waals surface area (Å²) >= 11 is 0. The van der Waals surface area contributed by atoms with Gasteiger partial charge in [0.05, 0.1) is 16.3 Å². The first kappa shape index (κ1) is 20.8. The van der Waals surface area contributed by atoms with Crippen LogP contribution in [0.5, 0.6) is 0 Å². The van der Waals surface area contributed by atoms with E-state index in [1.165, 1.54) is 0 Å². The minimum absolute atomic E-state index is 0.181. The quantitative estimate of drug-likeness (QED) is 0.384. The summed E-state index contributed by atoms with van der Waals surface area (Å²) in [7, 11) is -4.12. The third kappa shape index (κ3) is 3.82. The summed E-state index contributed by atoms with van der Waals surface area (Å²) in [5.41, 5.74) is -3.53. The van der Waals surface area contributed by atoms with Crippen molar-refractivity contribution in [2.24, 2.45) is 5.14 Å². The van der Waals surface area contributed by atoms with E-state index in [1.807, 2.05) is 0 Å². The van der Waals surface area contributed by atoms with E-state index >= 15 is 0 Å². The van der Waals surface area contributed by atoms with Gasteiger partial charge in [-0.05, 0) is 36.4 Å². The largest absolute Gasteiger partial charge is 0.435 e. The maximum absolute atomic E-state index is 14.2. The first-order chi connectivity index (χ1) is 13.3. The monoisotopic (exact) mass is 439 g/mol. The Labute approximate surface area is 158 Å². The smallest absolute Gasteiger partial charge is 0.232 e. The van der Waals surface area contributed by atoms with Crippen LogP contribution in [0.4, 0.5) is 30.7 Å². The summed E-state index contributed by atoms with van der Waals surface area (Å²) in [5, 5.41) is 8.18. The van der Waals surface area contributed by atoms with Gasteiger partial charge in [0.2, 0.25) is 10.0 Å². The van der Waals surface area contributed by atoms with Gasteiger partial charge >= 0.3 is 6.18 Å². The van der Waals surface area contributed by atoms with Crippen LogP contribution in [-0.4, -0.2) is 18.2 Å². The second kappa shape index (κ2) is 6.84. The molecule has 1 aromatic heterocycles. The van der Waals surface area contributed by atoms with E-state index in [1.54, 1.807) is 0 Å². The van der Waals surface area contributed by atoms with E-state index in [0.717, 1.165) is 24.3 Å². The molecular weight excluding hydrogens is 431 g/mol. The molecule has 3 aromatic rings. The van der Waals surface area contributed by atoms with Gasteiger partial charge in [-0.1, -0.05) is 0 Å². The van der Waals surface area contributed by atoms with Crippen molar-refractivity contribution in [3.8, 4) is 16.9 Å². The second-order valence-electron chi connectivity index (χ2n) is 5.71. The SMILES string of the molecule is NS(=O)(=O)c1ccc(-n2nc(C(F)(F)F)cc2-c2cc(F)c(F)c(F)c2F)cc1. The number of alkyl halides is 3. The summed E-state index contributed by atoms with van der Waals surface area (Å²) in [6.45, 7) is 0. The molecule has 0 atom stereocenters. The van der Waals surface area contributed by atoms with Crippen LogP contribution < -0.4 is 5.14 Å². The number of hydrogen-bond donors (Lipinski definition) is 1. The Bertz CT molecular complexity index is 1200. The number of nitrogens with two attached hydrogens (primary N) is 1. The zero-order valence-electron chi connectivity index (χ0n) is 13.8. The van der Waals surface area contributed by atoms with Gasteiger partial charge in [-0.15, -0.1) is 0 Å². The zero-order valence-corrected chi connectivity index (χ0v) is 14.6. The third-order valence-electron chi connectivity index (χ3n) is 3.79. The fraction of sp³-hybridized carbons (Fsp3) is 0.0625. The Kier molecular flexibility index (Phi) is 4.91.